The second-order valence-corrected chi connectivity index (χ2v) is 5.00. The van der Waals surface area contributed by atoms with E-state index in [1.807, 2.05) is 13.8 Å². The summed E-state index contributed by atoms with van der Waals surface area (Å²) >= 11 is 0. The van der Waals surface area contributed by atoms with Crippen molar-refractivity contribution in [3.63, 3.8) is 0 Å². The highest BCUT2D eigenvalue weighted by atomic mass is 32.2. The van der Waals surface area contributed by atoms with Crippen LogP contribution >= 0.6 is 0 Å². The highest BCUT2D eigenvalue weighted by Gasteiger charge is 2.22. The van der Waals surface area contributed by atoms with E-state index in [2.05, 4.69) is 0 Å². The molecule has 1 aromatic rings. The summed E-state index contributed by atoms with van der Waals surface area (Å²) in [6, 6.07) is 1.46. The topological polar surface area (TPSA) is 97.5 Å². The van der Waals surface area contributed by atoms with Crippen molar-refractivity contribution >= 4 is 22.1 Å². The third-order valence-corrected chi connectivity index (χ3v) is 3.64. The number of carbonyl (C=O) groups is 1. The minimum Gasteiger partial charge on any atom is -0.397 e. The van der Waals surface area contributed by atoms with Crippen LogP contribution in [0.5, 0.6) is 0 Å². The van der Waals surface area contributed by atoms with Gasteiger partial charge in [0.15, 0.2) is 6.29 Å². The van der Waals surface area contributed by atoms with Gasteiger partial charge >= 0.3 is 0 Å². The molecule has 94 valence electrons. The monoisotopic (exact) mass is 257 g/mol. The summed E-state index contributed by atoms with van der Waals surface area (Å²) in [5, 5.41) is 0. The van der Waals surface area contributed by atoms with Gasteiger partial charge in [0.2, 0.25) is 0 Å². The van der Waals surface area contributed by atoms with Crippen LogP contribution in [0.4, 0.5) is 5.69 Å². The molecule has 0 aromatic heterocycles. The van der Waals surface area contributed by atoms with E-state index >= 15 is 0 Å². The third-order valence-electron chi connectivity index (χ3n) is 2.67. The second-order valence-electron chi connectivity index (χ2n) is 3.65. The van der Waals surface area contributed by atoms with E-state index in [9.17, 15) is 13.2 Å². The van der Waals surface area contributed by atoms with Gasteiger partial charge in [-0.25, -0.2) is 0 Å². The van der Waals surface area contributed by atoms with Crippen LogP contribution in [0.3, 0.4) is 0 Å². The fourth-order valence-electron chi connectivity index (χ4n) is 1.91. The molecule has 5 nitrogen and oxygen atoms in total. The van der Waals surface area contributed by atoms with Gasteiger partial charge < -0.3 is 5.73 Å². The van der Waals surface area contributed by atoms with Crippen molar-refractivity contribution in [2.75, 3.05) is 5.73 Å². The van der Waals surface area contributed by atoms with Gasteiger partial charge in [0.1, 0.15) is 4.90 Å². The molecular formula is C11H15NO4S. The lowest BCUT2D eigenvalue weighted by molar-refractivity contribution is 0.112. The van der Waals surface area contributed by atoms with Crippen LogP contribution in [0.1, 0.15) is 35.3 Å². The van der Waals surface area contributed by atoms with Gasteiger partial charge in [-0.2, -0.15) is 8.42 Å². The van der Waals surface area contributed by atoms with E-state index in [1.165, 1.54) is 6.07 Å². The van der Waals surface area contributed by atoms with E-state index in [-0.39, 0.29) is 11.3 Å². The number of benzene rings is 1. The molecule has 0 bridgehead atoms. The lowest BCUT2D eigenvalue weighted by Gasteiger charge is -2.14. The quantitative estimate of drug-likeness (QED) is 0.483. The first-order valence-electron chi connectivity index (χ1n) is 5.23. The average molecular weight is 257 g/mol. The van der Waals surface area contributed by atoms with Crippen molar-refractivity contribution < 1.29 is 17.8 Å². The minimum atomic E-state index is -4.49. The maximum atomic E-state index is 11.2. The SMILES string of the molecule is CCc1cc(C=O)c(S(=O)(=O)O)c(N)c1CC. The molecule has 1 rings (SSSR count). The normalized spacial score (nSPS) is 11.5. The van der Waals surface area contributed by atoms with Gasteiger partial charge in [-0.3, -0.25) is 9.35 Å². The van der Waals surface area contributed by atoms with E-state index in [1.54, 1.807) is 0 Å². The van der Waals surface area contributed by atoms with Gasteiger partial charge in [0.05, 0.1) is 5.69 Å². The summed E-state index contributed by atoms with van der Waals surface area (Å²) in [6.45, 7) is 3.72. The number of aldehydes is 1. The molecule has 0 atom stereocenters. The van der Waals surface area contributed by atoms with Crippen LogP contribution in [0.15, 0.2) is 11.0 Å². The molecule has 0 aliphatic rings. The molecule has 0 fully saturated rings. The Bertz CT molecular complexity index is 549. The first-order valence-corrected chi connectivity index (χ1v) is 6.67. The Hall–Kier alpha value is -1.40. The fourth-order valence-corrected chi connectivity index (χ4v) is 2.72. The Morgan fingerprint density at radius 3 is 2.29 bits per heavy atom. The maximum absolute atomic E-state index is 11.2. The van der Waals surface area contributed by atoms with Crippen LogP contribution in [-0.2, 0) is 23.0 Å². The highest BCUT2D eigenvalue weighted by molar-refractivity contribution is 7.86. The van der Waals surface area contributed by atoms with Gasteiger partial charge in [-0.05, 0) is 30.0 Å². The molecule has 0 aliphatic heterocycles. The van der Waals surface area contributed by atoms with Crippen molar-refractivity contribution in [3.05, 3.63) is 22.8 Å². The van der Waals surface area contributed by atoms with E-state index < -0.39 is 15.0 Å². The first-order chi connectivity index (χ1) is 7.86. The molecule has 1 aromatic carbocycles. The summed E-state index contributed by atoms with van der Waals surface area (Å²) in [7, 11) is -4.49. The number of rotatable bonds is 4. The second kappa shape index (κ2) is 4.85. The summed E-state index contributed by atoms with van der Waals surface area (Å²) < 4.78 is 31.5. The zero-order valence-electron chi connectivity index (χ0n) is 9.73. The Morgan fingerprint density at radius 2 is 1.94 bits per heavy atom. The van der Waals surface area contributed by atoms with Gasteiger partial charge in [-0.1, -0.05) is 13.8 Å². The molecule has 0 aliphatic carbocycles. The molecule has 0 spiro atoms. The standard InChI is InChI=1S/C11H15NO4S/c1-3-7-5-8(6-13)11(17(14,15)16)10(12)9(7)4-2/h5-6H,3-4,12H2,1-2H3,(H,14,15,16). The predicted octanol–water partition coefficient (Wildman–Crippen LogP) is 1.45. The van der Waals surface area contributed by atoms with Gasteiger partial charge in [-0.15, -0.1) is 0 Å². The number of carbonyl (C=O) groups excluding carboxylic acids is 1. The Morgan fingerprint density at radius 1 is 1.35 bits per heavy atom. The van der Waals surface area contributed by atoms with Crippen molar-refractivity contribution in [3.8, 4) is 0 Å². The number of aryl methyl sites for hydroxylation is 1. The van der Waals surface area contributed by atoms with Crippen LogP contribution in [0.2, 0.25) is 0 Å². The number of nitrogens with two attached hydrogens (primary N) is 1. The zero-order valence-corrected chi connectivity index (χ0v) is 10.5. The number of hydrogen-bond donors (Lipinski definition) is 2. The Balaban J connectivity index is 3.77. The highest BCUT2D eigenvalue weighted by Crippen LogP contribution is 2.29. The number of nitrogen functional groups attached to an aromatic ring is 1. The molecule has 0 saturated carbocycles. The molecule has 0 saturated heterocycles. The third kappa shape index (κ3) is 2.48. The summed E-state index contributed by atoms with van der Waals surface area (Å²) in [5.74, 6) is 0. The molecule has 17 heavy (non-hydrogen) atoms. The van der Waals surface area contributed by atoms with E-state index in [4.69, 9.17) is 10.3 Å². The summed E-state index contributed by atoms with van der Waals surface area (Å²) in [5.41, 5.74) is 7.08. The summed E-state index contributed by atoms with van der Waals surface area (Å²) in [4.78, 5) is 10.4. The van der Waals surface area contributed by atoms with Crippen molar-refractivity contribution in [1.82, 2.24) is 0 Å². The molecule has 0 amide bonds. The molecule has 0 radical (unpaired) electrons. The van der Waals surface area contributed by atoms with Crippen molar-refractivity contribution in [2.45, 2.75) is 31.6 Å². The van der Waals surface area contributed by atoms with Crippen LogP contribution in [0, 0.1) is 0 Å². The molecule has 6 heteroatoms. The van der Waals surface area contributed by atoms with E-state index in [0.717, 1.165) is 5.56 Å². The minimum absolute atomic E-state index is 0.0311. The Labute approximate surface area is 100 Å². The van der Waals surface area contributed by atoms with Gasteiger partial charge in [0, 0.05) is 5.56 Å². The predicted molar refractivity (Wildman–Crippen MR) is 64.8 cm³/mol. The van der Waals surface area contributed by atoms with Crippen molar-refractivity contribution in [1.29, 1.82) is 0 Å². The average Bonchev–Trinajstić information content (AvgIpc) is 2.25. The number of anilines is 1. The van der Waals surface area contributed by atoms with Crippen LogP contribution in [0.25, 0.3) is 0 Å². The maximum Gasteiger partial charge on any atom is 0.297 e. The van der Waals surface area contributed by atoms with Crippen LogP contribution in [-0.4, -0.2) is 19.3 Å². The lowest BCUT2D eigenvalue weighted by Crippen LogP contribution is -2.11. The lowest BCUT2D eigenvalue weighted by atomic mass is 9.98. The molecular weight excluding hydrogens is 242 g/mol. The molecule has 0 heterocycles. The largest absolute Gasteiger partial charge is 0.397 e. The fraction of sp³-hybridized carbons (Fsp3) is 0.364. The smallest absolute Gasteiger partial charge is 0.297 e. The van der Waals surface area contributed by atoms with Crippen molar-refractivity contribution in [2.24, 2.45) is 0 Å². The first kappa shape index (κ1) is 13.7. The zero-order chi connectivity index (χ0) is 13.2. The molecule has 3 N–H and O–H groups in total. The van der Waals surface area contributed by atoms with Crippen LogP contribution < -0.4 is 5.73 Å². The van der Waals surface area contributed by atoms with E-state index in [0.29, 0.717) is 24.7 Å². The molecule has 0 unspecified atom stereocenters. The summed E-state index contributed by atoms with van der Waals surface area (Å²) in [6.07, 6.45) is 1.56. The number of hydrogen-bond acceptors (Lipinski definition) is 4. The van der Waals surface area contributed by atoms with Gasteiger partial charge in [0.25, 0.3) is 10.1 Å². The Kier molecular flexibility index (Phi) is 3.90.